The normalized spacial score (nSPS) is 16.2. The molecule has 0 aliphatic heterocycles. The summed E-state index contributed by atoms with van der Waals surface area (Å²) in [6, 6.07) is 0. The summed E-state index contributed by atoms with van der Waals surface area (Å²) in [5.41, 5.74) is 0.374. The molecule has 0 bridgehead atoms. The molecule has 0 rings (SSSR count). The third-order valence-electron chi connectivity index (χ3n) is 3.32. The Kier molecular flexibility index (Phi) is 6.70. The predicted octanol–water partition coefficient (Wildman–Crippen LogP) is 4.22. The standard InChI is InChI=1S/C15H30ClNO/c1-11(15(5,6)7)8-13(18)17-10-12(16)9-14(2,3)4/h11-12H,8-10H2,1-7H3,(H,17,18). The Labute approximate surface area is 118 Å². The van der Waals surface area contributed by atoms with Gasteiger partial charge in [0.05, 0.1) is 5.38 Å². The molecule has 1 amide bonds. The van der Waals surface area contributed by atoms with E-state index in [4.69, 9.17) is 11.6 Å². The summed E-state index contributed by atoms with van der Waals surface area (Å²) in [6.07, 6.45) is 1.48. The highest BCUT2D eigenvalue weighted by Crippen LogP contribution is 2.28. The number of rotatable bonds is 5. The van der Waals surface area contributed by atoms with E-state index in [1.807, 2.05) is 0 Å². The van der Waals surface area contributed by atoms with E-state index in [1.165, 1.54) is 0 Å². The van der Waals surface area contributed by atoms with Gasteiger partial charge in [-0.15, -0.1) is 11.6 Å². The Hall–Kier alpha value is -0.240. The lowest BCUT2D eigenvalue weighted by Crippen LogP contribution is -2.34. The molecule has 0 aliphatic carbocycles. The van der Waals surface area contributed by atoms with E-state index >= 15 is 0 Å². The smallest absolute Gasteiger partial charge is 0.220 e. The molecule has 0 aromatic heterocycles. The van der Waals surface area contributed by atoms with Crippen LogP contribution in [0, 0.1) is 16.7 Å². The third-order valence-corrected chi connectivity index (χ3v) is 3.63. The van der Waals surface area contributed by atoms with Crippen molar-refractivity contribution in [3.63, 3.8) is 0 Å². The van der Waals surface area contributed by atoms with Gasteiger partial charge in [-0.1, -0.05) is 48.5 Å². The van der Waals surface area contributed by atoms with Crippen LogP contribution in [0.15, 0.2) is 0 Å². The molecule has 2 unspecified atom stereocenters. The first kappa shape index (κ1) is 17.8. The molecular formula is C15H30ClNO. The molecule has 0 aliphatic rings. The topological polar surface area (TPSA) is 29.1 Å². The highest BCUT2D eigenvalue weighted by Gasteiger charge is 2.23. The fourth-order valence-corrected chi connectivity index (χ4v) is 2.16. The molecule has 0 aromatic rings. The zero-order valence-electron chi connectivity index (χ0n) is 13.1. The first-order valence-corrected chi connectivity index (χ1v) is 7.26. The van der Waals surface area contributed by atoms with E-state index in [-0.39, 0.29) is 22.1 Å². The molecule has 108 valence electrons. The lowest BCUT2D eigenvalue weighted by Gasteiger charge is -2.27. The number of carbonyl (C=O) groups is 1. The van der Waals surface area contributed by atoms with E-state index in [1.54, 1.807) is 0 Å². The van der Waals surface area contributed by atoms with Gasteiger partial charge in [-0.3, -0.25) is 4.79 Å². The molecule has 2 nitrogen and oxygen atoms in total. The Morgan fingerprint density at radius 3 is 2.06 bits per heavy atom. The maximum Gasteiger partial charge on any atom is 0.220 e. The van der Waals surface area contributed by atoms with Crippen molar-refractivity contribution in [2.75, 3.05) is 6.54 Å². The van der Waals surface area contributed by atoms with Crippen LogP contribution in [0.3, 0.4) is 0 Å². The number of alkyl halides is 1. The van der Waals surface area contributed by atoms with Crippen LogP contribution >= 0.6 is 11.6 Å². The Morgan fingerprint density at radius 2 is 1.67 bits per heavy atom. The number of halogens is 1. The molecular weight excluding hydrogens is 246 g/mol. The molecule has 0 fully saturated rings. The van der Waals surface area contributed by atoms with Crippen molar-refractivity contribution < 1.29 is 4.79 Å². The van der Waals surface area contributed by atoms with Crippen molar-refractivity contribution in [1.29, 1.82) is 0 Å². The van der Waals surface area contributed by atoms with Gasteiger partial charge in [-0.05, 0) is 23.2 Å². The maximum absolute atomic E-state index is 11.8. The second-order valence-corrected chi connectivity index (χ2v) is 8.25. The minimum atomic E-state index is 0.0129. The summed E-state index contributed by atoms with van der Waals surface area (Å²) in [5, 5.41) is 2.95. The zero-order valence-corrected chi connectivity index (χ0v) is 13.8. The number of carbonyl (C=O) groups excluding carboxylic acids is 1. The van der Waals surface area contributed by atoms with Crippen LogP contribution in [-0.2, 0) is 4.79 Å². The second kappa shape index (κ2) is 6.79. The van der Waals surface area contributed by atoms with Gasteiger partial charge in [0.2, 0.25) is 5.91 Å². The van der Waals surface area contributed by atoms with Crippen LogP contribution in [-0.4, -0.2) is 17.8 Å². The minimum Gasteiger partial charge on any atom is -0.355 e. The van der Waals surface area contributed by atoms with Gasteiger partial charge in [0.25, 0.3) is 0 Å². The van der Waals surface area contributed by atoms with E-state index in [9.17, 15) is 4.79 Å². The number of amides is 1. The van der Waals surface area contributed by atoms with Gasteiger partial charge in [0, 0.05) is 13.0 Å². The summed E-state index contributed by atoms with van der Waals surface area (Å²) in [4.78, 5) is 11.8. The summed E-state index contributed by atoms with van der Waals surface area (Å²) >= 11 is 6.22. The van der Waals surface area contributed by atoms with E-state index < -0.39 is 0 Å². The van der Waals surface area contributed by atoms with Crippen molar-refractivity contribution in [3.8, 4) is 0 Å². The van der Waals surface area contributed by atoms with Gasteiger partial charge < -0.3 is 5.32 Å². The van der Waals surface area contributed by atoms with Crippen molar-refractivity contribution in [1.82, 2.24) is 5.32 Å². The van der Waals surface area contributed by atoms with Crippen LogP contribution in [0.4, 0.5) is 0 Å². The zero-order chi connectivity index (χ0) is 14.6. The molecule has 0 radical (unpaired) electrons. The maximum atomic E-state index is 11.8. The third kappa shape index (κ3) is 8.79. The van der Waals surface area contributed by atoms with E-state index in [0.717, 1.165) is 6.42 Å². The molecule has 0 aromatic carbocycles. The van der Waals surface area contributed by atoms with Crippen LogP contribution in [0.5, 0.6) is 0 Å². The lowest BCUT2D eigenvalue weighted by atomic mass is 9.80. The number of nitrogens with one attached hydrogen (secondary N) is 1. The lowest BCUT2D eigenvalue weighted by molar-refractivity contribution is -0.122. The molecule has 0 saturated carbocycles. The van der Waals surface area contributed by atoms with Gasteiger partial charge in [0.1, 0.15) is 0 Å². The average molecular weight is 276 g/mol. The van der Waals surface area contributed by atoms with Crippen molar-refractivity contribution in [3.05, 3.63) is 0 Å². The van der Waals surface area contributed by atoms with Crippen LogP contribution in [0.2, 0.25) is 0 Å². The highest BCUT2D eigenvalue weighted by molar-refractivity contribution is 6.20. The summed E-state index contributed by atoms with van der Waals surface area (Å²) in [5.74, 6) is 0.478. The number of hydrogen-bond donors (Lipinski definition) is 1. The fourth-order valence-electron chi connectivity index (χ4n) is 1.62. The largest absolute Gasteiger partial charge is 0.355 e. The summed E-state index contributed by atoms with van der Waals surface area (Å²) in [6.45, 7) is 15.6. The van der Waals surface area contributed by atoms with Crippen molar-refractivity contribution in [2.24, 2.45) is 16.7 Å². The summed E-state index contributed by atoms with van der Waals surface area (Å²) in [7, 11) is 0. The van der Waals surface area contributed by atoms with Crippen molar-refractivity contribution >= 4 is 17.5 Å². The van der Waals surface area contributed by atoms with Crippen LogP contribution in [0.1, 0.15) is 61.3 Å². The Balaban J connectivity index is 3.98. The molecule has 3 heteroatoms. The van der Waals surface area contributed by atoms with E-state index in [2.05, 4.69) is 53.8 Å². The van der Waals surface area contributed by atoms with Gasteiger partial charge in [-0.2, -0.15) is 0 Å². The Morgan fingerprint density at radius 1 is 1.17 bits per heavy atom. The highest BCUT2D eigenvalue weighted by atomic mass is 35.5. The predicted molar refractivity (Wildman–Crippen MR) is 80.0 cm³/mol. The molecule has 0 saturated heterocycles. The number of hydrogen-bond acceptors (Lipinski definition) is 1. The molecule has 0 heterocycles. The molecule has 18 heavy (non-hydrogen) atoms. The molecule has 2 atom stereocenters. The van der Waals surface area contributed by atoms with Gasteiger partial charge in [-0.25, -0.2) is 0 Å². The molecule has 1 N–H and O–H groups in total. The van der Waals surface area contributed by atoms with E-state index in [0.29, 0.717) is 18.9 Å². The monoisotopic (exact) mass is 275 g/mol. The fraction of sp³-hybridized carbons (Fsp3) is 0.933. The second-order valence-electron chi connectivity index (χ2n) is 7.64. The van der Waals surface area contributed by atoms with Crippen LogP contribution < -0.4 is 5.32 Å². The first-order chi connectivity index (χ1) is 7.92. The Bertz CT molecular complexity index is 263. The van der Waals surface area contributed by atoms with Crippen molar-refractivity contribution in [2.45, 2.75) is 66.7 Å². The summed E-state index contributed by atoms with van der Waals surface area (Å²) < 4.78 is 0. The van der Waals surface area contributed by atoms with Gasteiger partial charge in [0.15, 0.2) is 0 Å². The minimum absolute atomic E-state index is 0.0129. The van der Waals surface area contributed by atoms with Crippen LogP contribution in [0.25, 0.3) is 0 Å². The molecule has 0 spiro atoms. The SMILES string of the molecule is CC(CC(=O)NCC(Cl)CC(C)(C)C)C(C)(C)C. The quantitative estimate of drug-likeness (QED) is 0.748. The average Bonchev–Trinajstić information content (AvgIpc) is 2.10. The first-order valence-electron chi connectivity index (χ1n) is 6.82. The van der Waals surface area contributed by atoms with Gasteiger partial charge >= 0.3 is 0 Å².